The third-order valence-electron chi connectivity index (χ3n) is 4.15. The maximum atomic E-state index is 12.5. The largest absolute Gasteiger partial charge is 0.494 e. The van der Waals surface area contributed by atoms with Crippen LogP contribution in [0.3, 0.4) is 0 Å². The number of nitrogens with zero attached hydrogens (tertiary/aromatic N) is 1. The minimum Gasteiger partial charge on any atom is -0.494 e. The number of aromatic amines is 1. The van der Waals surface area contributed by atoms with E-state index in [1.165, 1.54) is 0 Å². The Morgan fingerprint density at radius 3 is 2.73 bits per heavy atom. The second kappa shape index (κ2) is 8.19. The van der Waals surface area contributed by atoms with Crippen molar-refractivity contribution >= 4 is 28.1 Å². The summed E-state index contributed by atoms with van der Waals surface area (Å²) in [6, 6.07) is 11.4. The first-order chi connectivity index (χ1) is 12.6. The van der Waals surface area contributed by atoms with Gasteiger partial charge in [0.2, 0.25) is 5.91 Å². The molecule has 26 heavy (non-hydrogen) atoms. The number of H-pyrrole nitrogens is 1. The molecule has 3 rings (SSSR count). The molecule has 2 heterocycles. The van der Waals surface area contributed by atoms with E-state index < -0.39 is 0 Å². The van der Waals surface area contributed by atoms with Crippen LogP contribution in [0, 0.1) is 0 Å². The molecule has 0 saturated carbocycles. The standard InChI is InChI=1S/C20H22N2O3S/c1-3-19(23)22(13-17-6-5-9-26-17)12-15-10-14-11-16(25-4-2)7-8-18(14)21-20(15)24/h5-11H,3-4,12-13H2,1-2H3,(H,21,24). The van der Waals surface area contributed by atoms with E-state index in [2.05, 4.69) is 4.98 Å². The molecule has 0 fully saturated rings. The third-order valence-corrected chi connectivity index (χ3v) is 5.01. The Labute approximate surface area is 156 Å². The fourth-order valence-corrected chi connectivity index (χ4v) is 3.58. The van der Waals surface area contributed by atoms with Crippen LogP contribution >= 0.6 is 11.3 Å². The number of aromatic nitrogens is 1. The Kier molecular flexibility index (Phi) is 5.73. The average Bonchev–Trinajstić information content (AvgIpc) is 3.14. The Hall–Kier alpha value is -2.60. The monoisotopic (exact) mass is 370 g/mol. The normalized spacial score (nSPS) is 10.8. The molecule has 0 atom stereocenters. The molecular weight excluding hydrogens is 348 g/mol. The van der Waals surface area contributed by atoms with Crippen LogP contribution in [0.1, 0.15) is 30.7 Å². The fourth-order valence-electron chi connectivity index (χ4n) is 2.86. The Morgan fingerprint density at radius 1 is 1.19 bits per heavy atom. The minimum absolute atomic E-state index is 0.0287. The summed E-state index contributed by atoms with van der Waals surface area (Å²) in [6.07, 6.45) is 0.408. The highest BCUT2D eigenvalue weighted by Gasteiger charge is 2.16. The molecular formula is C20H22N2O3S. The number of thiophene rings is 1. The van der Waals surface area contributed by atoms with E-state index in [9.17, 15) is 9.59 Å². The van der Waals surface area contributed by atoms with Gasteiger partial charge in [-0.3, -0.25) is 9.59 Å². The van der Waals surface area contributed by atoms with Crippen LogP contribution < -0.4 is 10.3 Å². The summed E-state index contributed by atoms with van der Waals surface area (Å²) in [7, 11) is 0. The van der Waals surface area contributed by atoms with E-state index in [4.69, 9.17) is 4.74 Å². The van der Waals surface area contributed by atoms with Crippen LogP contribution in [0.5, 0.6) is 5.75 Å². The van der Waals surface area contributed by atoms with Crippen LogP contribution in [0.4, 0.5) is 0 Å². The maximum absolute atomic E-state index is 12.5. The van der Waals surface area contributed by atoms with Crippen molar-refractivity contribution in [2.75, 3.05) is 6.61 Å². The van der Waals surface area contributed by atoms with Gasteiger partial charge in [-0.05, 0) is 42.6 Å². The summed E-state index contributed by atoms with van der Waals surface area (Å²) in [4.78, 5) is 30.6. The molecule has 0 aliphatic heterocycles. The van der Waals surface area contributed by atoms with Crippen LogP contribution in [-0.2, 0) is 17.9 Å². The SMILES string of the molecule is CCOc1ccc2[nH]c(=O)c(CN(Cc3cccs3)C(=O)CC)cc2c1. The van der Waals surface area contributed by atoms with Crippen molar-refractivity contribution in [3.63, 3.8) is 0 Å². The molecule has 0 unspecified atom stereocenters. The molecule has 2 aromatic heterocycles. The summed E-state index contributed by atoms with van der Waals surface area (Å²) in [5.74, 6) is 0.791. The minimum atomic E-state index is -0.165. The summed E-state index contributed by atoms with van der Waals surface area (Å²) in [5.41, 5.74) is 1.17. The molecule has 0 aliphatic rings. The summed E-state index contributed by atoms with van der Waals surface area (Å²) in [6.45, 7) is 5.15. The molecule has 0 bridgehead atoms. The number of carbonyl (C=O) groups is 1. The molecule has 3 aromatic rings. The van der Waals surface area contributed by atoms with Crippen molar-refractivity contribution in [3.8, 4) is 5.75 Å². The smallest absolute Gasteiger partial charge is 0.253 e. The molecule has 136 valence electrons. The summed E-state index contributed by atoms with van der Waals surface area (Å²) < 4.78 is 5.54. The Balaban J connectivity index is 1.92. The van der Waals surface area contributed by atoms with Gasteiger partial charge in [-0.1, -0.05) is 13.0 Å². The zero-order chi connectivity index (χ0) is 18.5. The van der Waals surface area contributed by atoms with Gasteiger partial charge in [0, 0.05) is 27.8 Å². The van der Waals surface area contributed by atoms with Gasteiger partial charge in [-0.25, -0.2) is 0 Å². The molecule has 0 aliphatic carbocycles. The zero-order valence-corrected chi connectivity index (χ0v) is 15.8. The van der Waals surface area contributed by atoms with Crippen molar-refractivity contribution in [3.05, 3.63) is 62.6 Å². The van der Waals surface area contributed by atoms with Crippen LogP contribution in [0.25, 0.3) is 10.9 Å². The molecule has 1 amide bonds. The lowest BCUT2D eigenvalue weighted by atomic mass is 10.1. The molecule has 5 nitrogen and oxygen atoms in total. The van der Waals surface area contributed by atoms with Gasteiger partial charge in [0.25, 0.3) is 5.56 Å². The summed E-state index contributed by atoms with van der Waals surface area (Å²) >= 11 is 1.61. The van der Waals surface area contributed by atoms with Crippen molar-refractivity contribution < 1.29 is 9.53 Å². The second-order valence-electron chi connectivity index (χ2n) is 5.99. The number of hydrogen-bond donors (Lipinski definition) is 1. The highest BCUT2D eigenvalue weighted by molar-refractivity contribution is 7.09. The van der Waals surface area contributed by atoms with Gasteiger partial charge in [-0.15, -0.1) is 11.3 Å². The predicted octanol–water partition coefficient (Wildman–Crippen LogP) is 3.93. The lowest BCUT2D eigenvalue weighted by Crippen LogP contribution is -2.31. The number of nitrogens with one attached hydrogen (secondary N) is 1. The average molecular weight is 370 g/mol. The first kappa shape index (κ1) is 18.2. The van der Waals surface area contributed by atoms with E-state index in [-0.39, 0.29) is 18.0 Å². The molecule has 0 spiro atoms. The van der Waals surface area contributed by atoms with Gasteiger partial charge >= 0.3 is 0 Å². The number of hydrogen-bond acceptors (Lipinski definition) is 4. The third kappa shape index (κ3) is 4.14. The van der Waals surface area contributed by atoms with Crippen molar-refractivity contribution in [1.29, 1.82) is 0 Å². The number of ether oxygens (including phenoxy) is 1. The van der Waals surface area contributed by atoms with Crippen LogP contribution in [0.15, 0.2) is 46.6 Å². The van der Waals surface area contributed by atoms with Crippen LogP contribution in [-0.4, -0.2) is 22.4 Å². The number of rotatable bonds is 7. The molecule has 1 N–H and O–H groups in total. The van der Waals surface area contributed by atoms with E-state index in [1.54, 1.807) is 16.2 Å². The number of amides is 1. The molecule has 0 saturated heterocycles. The highest BCUT2D eigenvalue weighted by Crippen LogP contribution is 2.20. The number of fused-ring (bicyclic) bond motifs is 1. The van der Waals surface area contributed by atoms with Gasteiger partial charge in [0.1, 0.15) is 5.75 Å². The predicted molar refractivity (Wildman–Crippen MR) is 105 cm³/mol. The van der Waals surface area contributed by atoms with Gasteiger partial charge in [0.05, 0.1) is 19.7 Å². The Morgan fingerprint density at radius 2 is 2.04 bits per heavy atom. The van der Waals surface area contributed by atoms with Crippen LogP contribution in [0.2, 0.25) is 0 Å². The maximum Gasteiger partial charge on any atom is 0.253 e. The number of pyridine rings is 1. The lowest BCUT2D eigenvalue weighted by molar-refractivity contribution is -0.132. The zero-order valence-electron chi connectivity index (χ0n) is 15.0. The molecule has 6 heteroatoms. The molecule has 0 radical (unpaired) electrons. The topological polar surface area (TPSA) is 62.4 Å². The first-order valence-corrected chi connectivity index (χ1v) is 9.57. The quantitative estimate of drug-likeness (QED) is 0.685. The number of carbonyl (C=O) groups excluding carboxylic acids is 1. The van der Waals surface area contributed by atoms with E-state index in [0.29, 0.717) is 25.1 Å². The van der Waals surface area contributed by atoms with Crippen molar-refractivity contribution in [2.24, 2.45) is 0 Å². The van der Waals surface area contributed by atoms with Gasteiger partial charge < -0.3 is 14.6 Å². The van der Waals surface area contributed by atoms with Gasteiger partial charge in [0.15, 0.2) is 0 Å². The van der Waals surface area contributed by atoms with E-state index in [0.717, 1.165) is 21.5 Å². The fraction of sp³-hybridized carbons (Fsp3) is 0.300. The molecule has 1 aromatic carbocycles. The second-order valence-corrected chi connectivity index (χ2v) is 7.02. The lowest BCUT2D eigenvalue weighted by Gasteiger charge is -2.21. The Bertz CT molecular complexity index is 947. The first-order valence-electron chi connectivity index (χ1n) is 8.69. The van der Waals surface area contributed by atoms with Crippen molar-refractivity contribution in [2.45, 2.75) is 33.4 Å². The van der Waals surface area contributed by atoms with Crippen molar-refractivity contribution in [1.82, 2.24) is 9.88 Å². The number of benzene rings is 1. The van der Waals surface area contributed by atoms with E-state index in [1.807, 2.05) is 55.6 Å². The van der Waals surface area contributed by atoms with Gasteiger partial charge in [-0.2, -0.15) is 0 Å². The summed E-state index contributed by atoms with van der Waals surface area (Å²) in [5, 5.41) is 2.88. The highest BCUT2D eigenvalue weighted by atomic mass is 32.1. The van der Waals surface area contributed by atoms with E-state index >= 15 is 0 Å².